The van der Waals surface area contributed by atoms with Crippen molar-refractivity contribution < 1.29 is 14.4 Å². The van der Waals surface area contributed by atoms with Crippen molar-refractivity contribution >= 4 is 17.7 Å². The van der Waals surface area contributed by atoms with E-state index in [0.29, 0.717) is 11.5 Å². The first kappa shape index (κ1) is 13.1. The Bertz CT molecular complexity index is 409. The summed E-state index contributed by atoms with van der Waals surface area (Å²) in [7, 11) is 0. The molecule has 1 aromatic rings. The van der Waals surface area contributed by atoms with Gasteiger partial charge >= 0.3 is 0 Å². The number of hydrogen-bond donors (Lipinski definition) is 1. The van der Waals surface area contributed by atoms with Crippen LogP contribution in [0.2, 0.25) is 0 Å². The average Bonchev–Trinajstić information content (AvgIpc) is 2.57. The van der Waals surface area contributed by atoms with Gasteiger partial charge in [-0.25, -0.2) is 0 Å². The van der Waals surface area contributed by atoms with Crippen LogP contribution in [0, 0.1) is 12.8 Å². The third-order valence-corrected chi connectivity index (χ3v) is 3.18. The van der Waals surface area contributed by atoms with E-state index in [0.717, 1.165) is 4.74 Å². The minimum absolute atomic E-state index is 0.0982. The molecular weight excluding hydrogens is 230 g/mol. The van der Waals surface area contributed by atoms with Gasteiger partial charge in [-0.2, -0.15) is 11.8 Å². The largest absolute Gasteiger partial charge is 0.396 e. The summed E-state index contributed by atoms with van der Waals surface area (Å²) in [6.45, 7) is 3.61. The third kappa shape index (κ3) is 3.53. The molecule has 6 heteroatoms. The smallest absolute Gasteiger partial charge is 0.290 e. The van der Waals surface area contributed by atoms with Gasteiger partial charge in [-0.15, -0.1) is 4.74 Å². The number of nitrogens with zero attached hydrogens (tertiary/aromatic N) is 1. The van der Waals surface area contributed by atoms with E-state index < -0.39 is 5.56 Å². The summed E-state index contributed by atoms with van der Waals surface area (Å²) in [6, 6.07) is 1.28. The summed E-state index contributed by atoms with van der Waals surface area (Å²) in [5.74, 6) is 1.06. The highest BCUT2D eigenvalue weighted by Crippen LogP contribution is 2.08. The van der Waals surface area contributed by atoms with Crippen molar-refractivity contribution in [1.29, 1.82) is 0 Å². The molecule has 0 aliphatic carbocycles. The molecule has 0 amide bonds. The van der Waals surface area contributed by atoms with Crippen molar-refractivity contribution in [3.05, 3.63) is 22.2 Å². The van der Waals surface area contributed by atoms with Crippen molar-refractivity contribution in [3.8, 4) is 0 Å². The van der Waals surface area contributed by atoms with Crippen LogP contribution in [0.5, 0.6) is 0 Å². The van der Waals surface area contributed by atoms with Crippen LogP contribution < -0.4 is 5.56 Å². The second-order valence-corrected chi connectivity index (χ2v) is 4.71. The Kier molecular flexibility index (Phi) is 4.82. The summed E-state index contributed by atoms with van der Waals surface area (Å²) in [4.78, 5) is 22.8. The fourth-order valence-electron chi connectivity index (χ4n) is 1.08. The normalized spacial score (nSPS) is 12.7. The fraction of sp³-hybridized carbons (Fsp3) is 0.600. The number of aliphatic hydroxyl groups is 1. The van der Waals surface area contributed by atoms with Gasteiger partial charge in [-0.3, -0.25) is 9.59 Å². The topological polar surface area (TPSA) is 72.4 Å². The van der Waals surface area contributed by atoms with E-state index in [9.17, 15) is 9.59 Å². The fourth-order valence-corrected chi connectivity index (χ4v) is 2.00. The lowest BCUT2D eigenvalue weighted by Gasteiger charge is -2.05. The zero-order chi connectivity index (χ0) is 12.1. The van der Waals surface area contributed by atoms with E-state index in [1.165, 1.54) is 17.8 Å². The van der Waals surface area contributed by atoms with E-state index in [-0.39, 0.29) is 24.2 Å². The highest BCUT2D eigenvalue weighted by atomic mass is 32.2. The second-order valence-electron chi connectivity index (χ2n) is 3.68. The summed E-state index contributed by atoms with van der Waals surface area (Å²) in [6.07, 6.45) is 0. The average molecular weight is 245 g/mol. The number of carbonyl (C=O) groups is 1. The van der Waals surface area contributed by atoms with Gasteiger partial charge in [0.25, 0.3) is 11.5 Å². The summed E-state index contributed by atoms with van der Waals surface area (Å²) in [5, 5.41) is 8.79. The minimum atomic E-state index is -0.432. The van der Waals surface area contributed by atoms with Crippen molar-refractivity contribution in [1.82, 2.24) is 4.74 Å². The predicted octanol–water partition coefficient (Wildman–Crippen LogP) is 0.752. The van der Waals surface area contributed by atoms with Crippen LogP contribution in [0.3, 0.4) is 0 Å². The molecule has 0 aliphatic heterocycles. The van der Waals surface area contributed by atoms with Gasteiger partial charge in [-0.05, 0) is 18.6 Å². The van der Waals surface area contributed by atoms with Crippen LogP contribution >= 0.6 is 11.8 Å². The molecule has 5 nitrogen and oxygen atoms in total. The Morgan fingerprint density at radius 1 is 1.69 bits per heavy atom. The SMILES string of the molecule is Cc1cc(=O)n(C(=O)CSCC(C)CO)o1. The third-order valence-electron chi connectivity index (χ3n) is 1.93. The molecule has 16 heavy (non-hydrogen) atoms. The molecule has 1 N–H and O–H groups in total. The van der Waals surface area contributed by atoms with Crippen LogP contribution in [0.1, 0.15) is 17.5 Å². The lowest BCUT2D eigenvalue weighted by Crippen LogP contribution is -2.23. The van der Waals surface area contributed by atoms with E-state index in [4.69, 9.17) is 9.63 Å². The van der Waals surface area contributed by atoms with Crippen LogP contribution in [-0.4, -0.2) is 33.9 Å². The first-order chi connectivity index (χ1) is 7.54. The predicted molar refractivity (Wildman–Crippen MR) is 61.9 cm³/mol. The van der Waals surface area contributed by atoms with Gasteiger partial charge in [-0.1, -0.05) is 6.92 Å². The van der Waals surface area contributed by atoms with Gasteiger partial charge in [0, 0.05) is 12.7 Å². The maximum atomic E-state index is 11.5. The molecule has 0 saturated heterocycles. The van der Waals surface area contributed by atoms with Crippen molar-refractivity contribution in [2.24, 2.45) is 5.92 Å². The highest BCUT2D eigenvalue weighted by Gasteiger charge is 2.12. The van der Waals surface area contributed by atoms with Crippen LogP contribution in [-0.2, 0) is 0 Å². The van der Waals surface area contributed by atoms with Crippen LogP contribution in [0.15, 0.2) is 15.4 Å². The zero-order valence-corrected chi connectivity index (χ0v) is 10.1. The molecule has 0 fully saturated rings. The van der Waals surface area contributed by atoms with Gasteiger partial charge in [0.2, 0.25) is 0 Å². The molecule has 1 unspecified atom stereocenters. The number of carbonyl (C=O) groups excluding carboxylic acids is 1. The van der Waals surface area contributed by atoms with Gasteiger partial charge in [0.15, 0.2) is 0 Å². The van der Waals surface area contributed by atoms with Crippen LogP contribution in [0.25, 0.3) is 0 Å². The molecule has 0 aromatic carbocycles. The maximum Gasteiger partial charge on any atom is 0.290 e. The number of aliphatic hydroxyl groups excluding tert-OH is 1. The molecule has 0 bridgehead atoms. The van der Waals surface area contributed by atoms with Gasteiger partial charge in [0.05, 0.1) is 5.75 Å². The summed E-state index contributed by atoms with van der Waals surface area (Å²) in [5.41, 5.74) is -0.432. The molecular formula is C10H15NO4S. The quantitative estimate of drug-likeness (QED) is 0.828. The Balaban J connectivity index is 2.47. The van der Waals surface area contributed by atoms with E-state index in [2.05, 4.69) is 0 Å². The monoisotopic (exact) mass is 245 g/mol. The number of rotatable bonds is 5. The van der Waals surface area contributed by atoms with E-state index >= 15 is 0 Å². The van der Waals surface area contributed by atoms with Crippen molar-refractivity contribution in [2.45, 2.75) is 13.8 Å². The maximum absolute atomic E-state index is 11.5. The molecule has 1 atom stereocenters. The molecule has 1 aromatic heterocycles. The van der Waals surface area contributed by atoms with Crippen LogP contribution in [0.4, 0.5) is 0 Å². The minimum Gasteiger partial charge on any atom is -0.396 e. The molecule has 0 aliphatic rings. The van der Waals surface area contributed by atoms with E-state index in [1.54, 1.807) is 6.92 Å². The van der Waals surface area contributed by atoms with E-state index in [1.807, 2.05) is 6.92 Å². The van der Waals surface area contributed by atoms with Crippen molar-refractivity contribution in [2.75, 3.05) is 18.1 Å². The molecule has 90 valence electrons. The molecule has 0 radical (unpaired) electrons. The standard InChI is InChI=1S/C10H15NO4S/c1-7(4-12)5-16-6-10(14)11-9(13)3-8(2)15-11/h3,7,12H,4-6H2,1-2H3. The molecule has 1 heterocycles. The number of aryl methyl sites for hydroxylation is 1. The first-order valence-electron chi connectivity index (χ1n) is 4.96. The first-order valence-corrected chi connectivity index (χ1v) is 6.12. The lowest BCUT2D eigenvalue weighted by atomic mass is 10.2. The highest BCUT2D eigenvalue weighted by molar-refractivity contribution is 7.99. The number of aromatic nitrogens is 1. The van der Waals surface area contributed by atoms with Crippen molar-refractivity contribution in [3.63, 3.8) is 0 Å². The Morgan fingerprint density at radius 2 is 2.38 bits per heavy atom. The zero-order valence-electron chi connectivity index (χ0n) is 9.30. The number of hydrogen-bond acceptors (Lipinski definition) is 5. The molecule has 1 rings (SSSR count). The van der Waals surface area contributed by atoms with Gasteiger partial charge < -0.3 is 9.63 Å². The lowest BCUT2D eigenvalue weighted by molar-refractivity contribution is 0.0813. The summed E-state index contributed by atoms with van der Waals surface area (Å²) < 4.78 is 5.72. The van der Waals surface area contributed by atoms with Gasteiger partial charge in [0.1, 0.15) is 5.76 Å². The molecule has 0 spiro atoms. The second kappa shape index (κ2) is 5.91. The number of thioether (sulfide) groups is 1. The molecule has 0 saturated carbocycles. The Labute approximate surface area is 97.4 Å². The Morgan fingerprint density at radius 3 is 2.88 bits per heavy atom. The Hall–Kier alpha value is -1.01. The summed E-state index contributed by atoms with van der Waals surface area (Å²) >= 11 is 1.38.